The lowest BCUT2D eigenvalue weighted by atomic mass is 9.92. The number of unbranched alkanes of at least 4 members (excludes halogenated alkanes) is 1. The van der Waals surface area contributed by atoms with Crippen LogP contribution in [0.3, 0.4) is 0 Å². The zero-order valence-corrected chi connectivity index (χ0v) is 17.8. The standard InChI is InChI=1S/C27H27NO2/c1-4-5-11-23-25-18-22(30-3)16-17-24(25)27(20-12-14-21(29-2)15-13-20)28-26(23)19-9-7-6-8-10-19/h6-10,12-18H,4-5,11H2,1-3H3. The molecule has 0 saturated carbocycles. The van der Waals surface area contributed by atoms with Crippen LogP contribution in [0.5, 0.6) is 11.5 Å². The second-order valence-electron chi connectivity index (χ2n) is 7.40. The van der Waals surface area contributed by atoms with E-state index < -0.39 is 0 Å². The third-order valence-corrected chi connectivity index (χ3v) is 5.51. The van der Waals surface area contributed by atoms with Gasteiger partial charge in [0, 0.05) is 16.5 Å². The van der Waals surface area contributed by atoms with Gasteiger partial charge in [-0.25, -0.2) is 4.98 Å². The molecule has 0 unspecified atom stereocenters. The van der Waals surface area contributed by atoms with Crippen LogP contribution in [0.15, 0.2) is 72.8 Å². The van der Waals surface area contributed by atoms with E-state index in [9.17, 15) is 0 Å². The van der Waals surface area contributed by atoms with Crippen molar-refractivity contribution < 1.29 is 9.47 Å². The monoisotopic (exact) mass is 397 g/mol. The highest BCUT2D eigenvalue weighted by atomic mass is 16.5. The molecule has 3 nitrogen and oxygen atoms in total. The van der Waals surface area contributed by atoms with Crippen LogP contribution >= 0.6 is 0 Å². The predicted molar refractivity (Wildman–Crippen MR) is 124 cm³/mol. The number of hydrogen-bond donors (Lipinski definition) is 0. The molecule has 0 aliphatic carbocycles. The first kappa shape index (κ1) is 20.0. The Hall–Kier alpha value is -3.33. The fourth-order valence-corrected chi connectivity index (χ4v) is 3.88. The molecule has 1 heterocycles. The van der Waals surface area contributed by atoms with Crippen LogP contribution in [0.4, 0.5) is 0 Å². The summed E-state index contributed by atoms with van der Waals surface area (Å²) in [6.45, 7) is 2.23. The van der Waals surface area contributed by atoms with Gasteiger partial charge in [0.25, 0.3) is 0 Å². The fourth-order valence-electron chi connectivity index (χ4n) is 3.88. The molecule has 152 valence electrons. The van der Waals surface area contributed by atoms with Crippen molar-refractivity contribution >= 4 is 10.8 Å². The first-order valence-electron chi connectivity index (χ1n) is 10.5. The van der Waals surface area contributed by atoms with Crippen molar-refractivity contribution in [3.05, 3.63) is 78.4 Å². The number of fused-ring (bicyclic) bond motifs is 1. The molecular formula is C27H27NO2. The summed E-state index contributed by atoms with van der Waals surface area (Å²) in [7, 11) is 3.40. The van der Waals surface area contributed by atoms with Crippen LogP contribution < -0.4 is 9.47 Å². The van der Waals surface area contributed by atoms with E-state index in [1.165, 1.54) is 10.9 Å². The number of methoxy groups -OCH3 is 2. The Morgan fingerprint density at radius 1 is 0.700 bits per heavy atom. The van der Waals surface area contributed by atoms with E-state index in [1.54, 1.807) is 14.2 Å². The van der Waals surface area contributed by atoms with Crippen molar-refractivity contribution in [3.8, 4) is 34.0 Å². The van der Waals surface area contributed by atoms with Crippen molar-refractivity contribution in [3.63, 3.8) is 0 Å². The molecule has 0 bridgehead atoms. The lowest BCUT2D eigenvalue weighted by Crippen LogP contribution is -2.00. The molecule has 1 aromatic heterocycles. The molecule has 3 heteroatoms. The van der Waals surface area contributed by atoms with Gasteiger partial charge < -0.3 is 9.47 Å². The Labute approximate surface area is 178 Å². The van der Waals surface area contributed by atoms with E-state index in [4.69, 9.17) is 14.5 Å². The molecule has 0 spiro atoms. The molecule has 0 aliphatic rings. The Balaban J connectivity index is 2.03. The molecule has 0 saturated heterocycles. The minimum Gasteiger partial charge on any atom is -0.497 e. The van der Waals surface area contributed by atoms with Gasteiger partial charge in [0.05, 0.1) is 25.6 Å². The SMILES string of the molecule is CCCCc1c(-c2ccccc2)nc(-c2ccc(OC)cc2)c2ccc(OC)cc12. The van der Waals surface area contributed by atoms with E-state index in [-0.39, 0.29) is 0 Å². The van der Waals surface area contributed by atoms with Crippen LogP contribution in [0, 0.1) is 0 Å². The first-order valence-corrected chi connectivity index (χ1v) is 10.5. The molecule has 0 amide bonds. The zero-order valence-electron chi connectivity index (χ0n) is 17.8. The van der Waals surface area contributed by atoms with Gasteiger partial charge in [0.1, 0.15) is 11.5 Å². The van der Waals surface area contributed by atoms with Crippen molar-refractivity contribution in [2.45, 2.75) is 26.2 Å². The summed E-state index contributed by atoms with van der Waals surface area (Å²) >= 11 is 0. The second kappa shape index (κ2) is 9.00. The maximum Gasteiger partial charge on any atom is 0.119 e. The van der Waals surface area contributed by atoms with E-state index in [1.807, 2.05) is 24.3 Å². The van der Waals surface area contributed by atoms with Crippen molar-refractivity contribution in [1.29, 1.82) is 0 Å². The van der Waals surface area contributed by atoms with E-state index in [0.29, 0.717) is 0 Å². The van der Waals surface area contributed by atoms with Crippen molar-refractivity contribution in [2.75, 3.05) is 14.2 Å². The van der Waals surface area contributed by atoms with E-state index in [2.05, 4.69) is 55.5 Å². The largest absolute Gasteiger partial charge is 0.497 e. The third-order valence-electron chi connectivity index (χ3n) is 5.51. The number of benzene rings is 3. The van der Waals surface area contributed by atoms with Gasteiger partial charge >= 0.3 is 0 Å². The van der Waals surface area contributed by atoms with Crippen LogP contribution in [-0.4, -0.2) is 19.2 Å². The van der Waals surface area contributed by atoms with Gasteiger partial charge in [-0.2, -0.15) is 0 Å². The normalized spacial score (nSPS) is 10.9. The minimum atomic E-state index is 0.840. The van der Waals surface area contributed by atoms with Gasteiger partial charge in [-0.15, -0.1) is 0 Å². The topological polar surface area (TPSA) is 31.4 Å². The van der Waals surface area contributed by atoms with Crippen molar-refractivity contribution in [1.82, 2.24) is 4.98 Å². The number of nitrogens with zero attached hydrogens (tertiary/aromatic N) is 1. The number of hydrogen-bond acceptors (Lipinski definition) is 3. The van der Waals surface area contributed by atoms with Crippen molar-refractivity contribution in [2.24, 2.45) is 0 Å². The van der Waals surface area contributed by atoms with Gasteiger partial charge in [-0.1, -0.05) is 43.7 Å². The molecule has 3 aromatic carbocycles. The van der Waals surface area contributed by atoms with Crippen LogP contribution in [0.25, 0.3) is 33.3 Å². The number of rotatable bonds is 7. The van der Waals surface area contributed by atoms with Crippen LogP contribution in [0.2, 0.25) is 0 Å². The highest BCUT2D eigenvalue weighted by Crippen LogP contribution is 2.38. The molecule has 0 aliphatic heterocycles. The summed E-state index contributed by atoms with van der Waals surface area (Å²) in [6.07, 6.45) is 3.25. The third kappa shape index (κ3) is 3.88. The zero-order chi connectivity index (χ0) is 20.9. The number of aromatic nitrogens is 1. The van der Waals surface area contributed by atoms with Gasteiger partial charge in [0.15, 0.2) is 0 Å². The Bertz CT molecular complexity index is 1140. The summed E-state index contributed by atoms with van der Waals surface area (Å²) in [4.78, 5) is 5.22. The Morgan fingerprint density at radius 2 is 1.37 bits per heavy atom. The molecule has 4 rings (SSSR count). The molecule has 0 fully saturated rings. The molecule has 0 N–H and O–H groups in total. The number of aryl methyl sites for hydroxylation is 1. The van der Waals surface area contributed by atoms with E-state index >= 15 is 0 Å². The Morgan fingerprint density at radius 3 is 2.03 bits per heavy atom. The molecule has 4 aromatic rings. The summed E-state index contributed by atoms with van der Waals surface area (Å²) < 4.78 is 10.9. The van der Waals surface area contributed by atoms with Crippen LogP contribution in [-0.2, 0) is 6.42 Å². The fraction of sp³-hybridized carbons (Fsp3) is 0.222. The highest BCUT2D eigenvalue weighted by Gasteiger charge is 2.17. The summed E-state index contributed by atoms with van der Waals surface area (Å²) in [5.74, 6) is 1.71. The second-order valence-corrected chi connectivity index (χ2v) is 7.40. The minimum absolute atomic E-state index is 0.840. The lowest BCUT2D eigenvalue weighted by Gasteiger charge is -2.17. The first-order chi connectivity index (χ1) is 14.7. The number of ether oxygens (including phenoxy) is 2. The van der Waals surface area contributed by atoms with Gasteiger partial charge in [0.2, 0.25) is 0 Å². The smallest absolute Gasteiger partial charge is 0.119 e. The van der Waals surface area contributed by atoms with Gasteiger partial charge in [-0.3, -0.25) is 0 Å². The summed E-state index contributed by atoms with van der Waals surface area (Å²) in [6, 6.07) is 24.9. The quantitative estimate of drug-likeness (QED) is 0.339. The average Bonchev–Trinajstić information content (AvgIpc) is 2.82. The summed E-state index contributed by atoms with van der Waals surface area (Å²) in [5, 5.41) is 2.36. The maximum atomic E-state index is 5.57. The Kier molecular flexibility index (Phi) is 5.99. The maximum absolute atomic E-state index is 5.57. The predicted octanol–water partition coefficient (Wildman–Crippen LogP) is 6.93. The molecule has 0 atom stereocenters. The average molecular weight is 398 g/mol. The summed E-state index contributed by atoms with van der Waals surface area (Å²) in [5.41, 5.74) is 5.53. The molecule has 30 heavy (non-hydrogen) atoms. The molecule has 0 radical (unpaired) electrons. The lowest BCUT2D eigenvalue weighted by molar-refractivity contribution is 0.415. The highest BCUT2D eigenvalue weighted by molar-refractivity contribution is 6.00. The van der Waals surface area contributed by atoms with Crippen LogP contribution in [0.1, 0.15) is 25.3 Å². The van der Waals surface area contributed by atoms with E-state index in [0.717, 1.165) is 58.7 Å². The van der Waals surface area contributed by atoms with Gasteiger partial charge in [-0.05, 0) is 66.3 Å². The number of pyridine rings is 1. The molecular weight excluding hydrogens is 370 g/mol.